The second-order valence-electron chi connectivity index (χ2n) is 12.1. The number of benzene rings is 6. The van der Waals surface area contributed by atoms with E-state index in [-0.39, 0.29) is 10.8 Å². The van der Waals surface area contributed by atoms with Gasteiger partial charge < -0.3 is 0 Å². The van der Waals surface area contributed by atoms with E-state index < -0.39 is 0 Å². The summed E-state index contributed by atoms with van der Waals surface area (Å²) in [7, 11) is 0. The van der Waals surface area contributed by atoms with E-state index in [1.165, 1.54) is 75.8 Å². The van der Waals surface area contributed by atoms with Crippen LogP contribution in [0.25, 0.3) is 42.4 Å². The third kappa shape index (κ3) is 2.85. The average Bonchev–Trinajstić information content (AvgIpc) is 3.61. The van der Waals surface area contributed by atoms with Crippen molar-refractivity contribution in [2.45, 2.75) is 24.7 Å². The largest absolute Gasteiger partial charge is 0.135 e. The quantitative estimate of drug-likeness (QED) is 0.205. The van der Waals surface area contributed by atoms with Gasteiger partial charge in [-0.3, -0.25) is 0 Å². The van der Waals surface area contributed by atoms with Gasteiger partial charge in [0.05, 0.1) is 5.41 Å². The first-order valence-electron chi connectivity index (χ1n) is 14.4. The summed E-state index contributed by atoms with van der Waals surface area (Å²) < 4.78 is 2.80. The van der Waals surface area contributed by atoms with Crippen molar-refractivity contribution >= 4 is 31.5 Å². The normalized spacial score (nSPS) is 15.5. The lowest BCUT2D eigenvalue weighted by Gasteiger charge is -2.33. The van der Waals surface area contributed by atoms with Gasteiger partial charge in [-0.2, -0.15) is 0 Å². The second kappa shape index (κ2) is 8.06. The maximum atomic E-state index is 2.52. The maximum Gasteiger partial charge on any atom is 0.0714 e. The number of hydrogen-bond donors (Lipinski definition) is 0. The first-order valence-corrected chi connectivity index (χ1v) is 15.3. The van der Waals surface area contributed by atoms with Crippen LogP contribution in [0.3, 0.4) is 0 Å². The molecule has 0 saturated carbocycles. The minimum Gasteiger partial charge on any atom is -0.135 e. The Balaban J connectivity index is 1.41. The number of fused-ring (bicyclic) bond motifs is 10. The summed E-state index contributed by atoms with van der Waals surface area (Å²) >= 11 is 1.98. The van der Waals surface area contributed by atoms with E-state index in [2.05, 4.69) is 147 Å². The molecule has 0 saturated heterocycles. The van der Waals surface area contributed by atoms with Gasteiger partial charge in [-0.15, -0.1) is 11.3 Å². The Bertz CT molecular complexity index is 2120. The summed E-state index contributed by atoms with van der Waals surface area (Å²) in [5.74, 6) is 0. The van der Waals surface area contributed by atoms with Gasteiger partial charge in [-0.25, -0.2) is 0 Å². The molecule has 9 rings (SSSR count). The molecular formula is C40H28S. The Labute approximate surface area is 244 Å². The molecule has 0 unspecified atom stereocenters. The van der Waals surface area contributed by atoms with Gasteiger partial charge in [0, 0.05) is 25.6 Å². The van der Waals surface area contributed by atoms with Crippen molar-refractivity contribution in [3.63, 3.8) is 0 Å². The van der Waals surface area contributed by atoms with E-state index in [4.69, 9.17) is 0 Å². The van der Waals surface area contributed by atoms with Crippen LogP contribution in [0.2, 0.25) is 0 Å². The van der Waals surface area contributed by atoms with E-state index in [1.807, 2.05) is 11.3 Å². The Hall–Kier alpha value is -4.46. The fraction of sp³-hybridized carbons (Fsp3) is 0.100. The van der Waals surface area contributed by atoms with Crippen molar-refractivity contribution in [3.8, 4) is 22.3 Å². The lowest BCUT2D eigenvalue weighted by molar-refractivity contribution is 0.667. The summed E-state index contributed by atoms with van der Waals surface area (Å²) in [5, 5.41) is 2.74. The Morgan fingerprint density at radius 1 is 0.463 bits per heavy atom. The summed E-state index contributed by atoms with van der Waals surface area (Å²) in [6.45, 7) is 4.79. The molecule has 0 radical (unpaired) electrons. The van der Waals surface area contributed by atoms with E-state index in [0.717, 1.165) is 0 Å². The van der Waals surface area contributed by atoms with Gasteiger partial charge >= 0.3 is 0 Å². The molecule has 2 aliphatic rings. The van der Waals surface area contributed by atoms with Gasteiger partial charge in [0.1, 0.15) is 0 Å². The van der Waals surface area contributed by atoms with E-state index >= 15 is 0 Å². The number of thiophene rings is 1. The molecule has 0 nitrogen and oxygen atoms in total. The minimum atomic E-state index is -0.365. The topological polar surface area (TPSA) is 0 Å². The molecule has 194 valence electrons. The lowest BCUT2D eigenvalue weighted by Crippen LogP contribution is -2.28. The minimum absolute atomic E-state index is 0.0283. The van der Waals surface area contributed by atoms with Gasteiger partial charge in [0.15, 0.2) is 0 Å². The molecule has 2 aliphatic carbocycles. The van der Waals surface area contributed by atoms with Crippen molar-refractivity contribution in [3.05, 3.63) is 167 Å². The third-order valence-electron chi connectivity index (χ3n) is 9.73. The molecule has 7 aromatic rings. The maximum absolute atomic E-state index is 2.52. The molecule has 1 aromatic heterocycles. The van der Waals surface area contributed by atoms with Crippen LogP contribution >= 0.6 is 11.3 Å². The Morgan fingerprint density at radius 2 is 1.05 bits per heavy atom. The molecule has 1 heterocycles. The zero-order chi connectivity index (χ0) is 27.3. The number of hydrogen-bond acceptors (Lipinski definition) is 1. The highest BCUT2D eigenvalue weighted by Gasteiger charge is 2.46. The highest BCUT2D eigenvalue weighted by Crippen LogP contribution is 2.59. The molecule has 0 fully saturated rings. The Morgan fingerprint density at radius 3 is 1.73 bits per heavy atom. The summed E-state index contributed by atoms with van der Waals surface area (Å²) in [6.07, 6.45) is 0. The molecule has 0 N–H and O–H groups in total. The number of rotatable bonds is 2. The van der Waals surface area contributed by atoms with Crippen LogP contribution < -0.4 is 0 Å². The SMILES string of the molecule is CC1(C)c2ccccc2-c2ccc3c(sc4cc5c(cc43)-c3ccccc3C5(c3ccccc3)c3ccccc3)c21. The van der Waals surface area contributed by atoms with Crippen LogP contribution in [0.1, 0.15) is 47.2 Å². The van der Waals surface area contributed by atoms with Crippen molar-refractivity contribution in [2.24, 2.45) is 0 Å². The standard InChI is InChI=1S/C40H28S/c1-39(2)33-19-11-9-17-27(33)29-21-22-30-32-23-31-28-18-10-12-20-34(28)40(25-13-5-3-6-14-25,26-15-7-4-8-16-26)35(31)24-36(32)41-38(30)37(29)39/h3-24H,1-2H3. The van der Waals surface area contributed by atoms with Gasteiger partial charge in [0.25, 0.3) is 0 Å². The molecule has 0 amide bonds. The van der Waals surface area contributed by atoms with Crippen LogP contribution in [-0.2, 0) is 10.8 Å². The Kier molecular flexibility index (Phi) is 4.57. The lowest BCUT2D eigenvalue weighted by atomic mass is 9.68. The molecule has 0 bridgehead atoms. The highest BCUT2D eigenvalue weighted by atomic mass is 32.1. The predicted octanol–water partition coefficient (Wildman–Crippen LogP) is 10.7. The van der Waals surface area contributed by atoms with E-state index in [9.17, 15) is 0 Å². The van der Waals surface area contributed by atoms with Crippen molar-refractivity contribution in [1.82, 2.24) is 0 Å². The molecule has 0 atom stereocenters. The fourth-order valence-electron chi connectivity index (χ4n) is 8.02. The summed E-state index contributed by atoms with van der Waals surface area (Å²) in [6, 6.07) is 50.0. The highest BCUT2D eigenvalue weighted by molar-refractivity contribution is 7.26. The van der Waals surface area contributed by atoms with E-state index in [1.54, 1.807) is 0 Å². The molecule has 0 spiro atoms. The molecule has 1 heteroatoms. The van der Waals surface area contributed by atoms with E-state index in [0.29, 0.717) is 0 Å². The summed E-state index contributed by atoms with van der Waals surface area (Å²) in [5.41, 5.74) is 13.4. The smallest absolute Gasteiger partial charge is 0.0714 e. The summed E-state index contributed by atoms with van der Waals surface area (Å²) in [4.78, 5) is 0. The van der Waals surface area contributed by atoms with Crippen LogP contribution in [0.4, 0.5) is 0 Å². The molecule has 0 aliphatic heterocycles. The van der Waals surface area contributed by atoms with Crippen LogP contribution in [0, 0.1) is 0 Å². The molecule has 41 heavy (non-hydrogen) atoms. The van der Waals surface area contributed by atoms with Crippen LogP contribution in [0.15, 0.2) is 133 Å². The zero-order valence-electron chi connectivity index (χ0n) is 23.1. The van der Waals surface area contributed by atoms with Crippen molar-refractivity contribution in [1.29, 1.82) is 0 Å². The predicted molar refractivity (Wildman–Crippen MR) is 174 cm³/mol. The van der Waals surface area contributed by atoms with Crippen LogP contribution in [0.5, 0.6) is 0 Å². The zero-order valence-corrected chi connectivity index (χ0v) is 23.9. The average molecular weight is 541 g/mol. The second-order valence-corrected chi connectivity index (χ2v) is 13.1. The van der Waals surface area contributed by atoms with Crippen molar-refractivity contribution in [2.75, 3.05) is 0 Å². The van der Waals surface area contributed by atoms with Crippen molar-refractivity contribution < 1.29 is 0 Å². The fourth-order valence-corrected chi connectivity index (χ4v) is 9.45. The monoisotopic (exact) mass is 540 g/mol. The third-order valence-corrected chi connectivity index (χ3v) is 10.9. The van der Waals surface area contributed by atoms with Gasteiger partial charge in [0.2, 0.25) is 0 Å². The molecular weight excluding hydrogens is 513 g/mol. The molecule has 6 aromatic carbocycles. The van der Waals surface area contributed by atoms with Gasteiger partial charge in [-0.05, 0) is 67.8 Å². The first kappa shape index (κ1) is 23.3. The van der Waals surface area contributed by atoms with Crippen LogP contribution in [-0.4, -0.2) is 0 Å². The first-order chi connectivity index (χ1) is 20.1. The van der Waals surface area contributed by atoms with Gasteiger partial charge in [-0.1, -0.05) is 135 Å².